The lowest BCUT2D eigenvalue weighted by atomic mass is 9.87. The van der Waals surface area contributed by atoms with Gasteiger partial charge in [-0.05, 0) is 37.6 Å². The number of carbonyl (C=O) groups is 5. The third kappa shape index (κ3) is 3.27. The topological polar surface area (TPSA) is 114 Å². The summed E-state index contributed by atoms with van der Waals surface area (Å²) in [6, 6.07) is 21.2. The van der Waals surface area contributed by atoms with E-state index in [9.17, 15) is 24.0 Å². The molecule has 3 atom stereocenters. The summed E-state index contributed by atoms with van der Waals surface area (Å²) in [6.45, 7) is 3.21. The highest BCUT2D eigenvalue weighted by molar-refractivity contribution is 6.23. The van der Waals surface area contributed by atoms with Gasteiger partial charge in [-0.3, -0.25) is 29.1 Å². The van der Waals surface area contributed by atoms with Crippen molar-refractivity contribution in [3.63, 3.8) is 0 Å². The number of imide groups is 1. The minimum Gasteiger partial charge on any atom is -0.448 e. The van der Waals surface area contributed by atoms with E-state index >= 15 is 0 Å². The molecule has 0 aromatic heterocycles. The molecule has 7 rings (SSSR count). The molecule has 3 aromatic rings. The third-order valence-electron chi connectivity index (χ3n) is 8.46. The first-order chi connectivity index (χ1) is 19.7. The summed E-state index contributed by atoms with van der Waals surface area (Å²) in [4.78, 5) is 71.6. The van der Waals surface area contributed by atoms with Crippen LogP contribution in [0.25, 0.3) is 0 Å². The molecule has 0 aliphatic carbocycles. The molecular weight excluding hydrogens is 526 g/mol. The highest BCUT2D eigenvalue weighted by Crippen LogP contribution is 2.58. The normalized spacial score (nSPS) is 25.5. The number of fused-ring (bicyclic) bond motifs is 6. The summed E-state index contributed by atoms with van der Waals surface area (Å²) in [5.74, 6) is -2.33. The van der Waals surface area contributed by atoms with Crippen molar-refractivity contribution < 1.29 is 33.4 Å². The molecule has 10 heteroatoms. The molecule has 2 saturated heterocycles. The third-order valence-corrected chi connectivity index (χ3v) is 8.46. The first-order valence-corrected chi connectivity index (χ1v) is 13.3. The Bertz CT molecular complexity index is 1630. The van der Waals surface area contributed by atoms with Gasteiger partial charge in [0.15, 0.2) is 11.8 Å². The first kappa shape index (κ1) is 25.0. The summed E-state index contributed by atoms with van der Waals surface area (Å²) in [5, 5.41) is 0. The van der Waals surface area contributed by atoms with E-state index in [1.54, 1.807) is 62.4 Å². The van der Waals surface area contributed by atoms with Crippen molar-refractivity contribution in [3.8, 4) is 0 Å². The van der Waals surface area contributed by atoms with Crippen molar-refractivity contribution in [2.45, 2.75) is 50.2 Å². The molecule has 4 aliphatic rings. The quantitative estimate of drug-likeness (QED) is 0.361. The fourth-order valence-electron chi connectivity index (χ4n) is 6.56. The molecule has 0 unspecified atom stereocenters. The van der Waals surface area contributed by atoms with Gasteiger partial charge in [0.1, 0.15) is 18.2 Å². The van der Waals surface area contributed by atoms with E-state index in [1.165, 1.54) is 9.80 Å². The molecule has 4 amide bonds. The van der Waals surface area contributed by atoms with Crippen molar-refractivity contribution in [1.82, 2.24) is 9.80 Å². The zero-order valence-corrected chi connectivity index (χ0v) is 22.3. The van der Waals surface area contributed by atoms with Crippen LogP contribution in [0.15, 0.2) is 78.9 Å². The molecule has 0 N–H and O–H groups in total. The molecule has 0 radical (unpaired) electrons. The monoisotopic (exact) mass is 551 g/mol. The predicted molar refractivity (Wildman–Crippen MR) is 143 cm³/mol. The van der Waals surface area contributed by atoms with Gasteiger partial charge in [0.25, 0.3) is 17.7 Å². The van der Waals surface area contributed by atoms with Gasteiger partial charge in [-0.1, -0.05) is 60.7 Å². The molecule has 1 spiro atoms. The van der Waals surface area contributed by atoms with E-state index in [1.807, 2.05) is 30.3 Å². The van der Waals surface area contributed by atoms with Gasteiger partial charge in [-0.25, -0.2) is 9.59 Å². The van der Waals surface area contributed by atoms with E-state index in [4.69, 9.17) is 9.47 Å². The second kappa shape index (κ2) is 8.50. The van der Waals surface area contributed by atoms with Crippen molar-refractivity contribution >= 4 is 35.5 Å². The maximum atomic E-state index is 13.9. The number of nitrogens with zero attached hydrogens (tertiary/aromatic N) is 3. The molecule has 3 aromatic carbocycles. The number of benzene rings is 3. The predicted octanol–water partition coefficient (Wildman–Crippen LogP) is 3.60. The second-order valence-electron chi connectivity index (χ2n) is 11.1. The summed E-state index contributed by atoms with van der Waals surface area (Å²) in [6.07, 6.45) is -1.98. The first-order valence-electron chi connectivity index (χ1n) is 13.3. The van der Waals surface area contributed by atoms with Gasteiger partial charge in [-0.15, -0.1) is 0 Å². The van der Waals surface area contributed by atoms with Crippen LogP contribution >= 0.6 is 0 Å². The van der Waals surface area contributed by atoms with Crippen molar-refractivity contribution in [2.24, 2.45) is 0 Å². The number of anilines is 1. The molecule has 41 heavy (non-hydrogen) atoms. The second-order valence-corrected chi connectivity index (χ2v) is 11.1. The van der Waals surface area contributed by atoms with Crippen LogP contribution < -0.4 is 4.90 Å². The van der Waals surface area contributed by atoms with Crippen molar-refractivity contribution in [3.05, 3.63) is 101 Å². The molecule has 0 bridgehead atoms. The van der Waals surface area contributed by atoms with Gasteiger partial charge < -0.3 is 9.47 Å². The number of hydrogen-bond donors (Lipinski definition) is 0. The smallest absolute Gasteiger partial charge is 0.412 e. The zero-order chi connectivity index (χ0) is 28.7. The molecular formula is C31H25N3O7. The Morgan fingerprint density at radius 2 is 1.46 bits per heavy atom. The Hall–Kier alpha value is -4.99. The average Bonchev–Trinajstić information content (AvgIpc) is 3.61. The molecule has 4 heterocycles. The van der Waals surface area contributed by atoms with E-state index in [0.717, 1.165) is 10.5 Å². The Morgan fingerprint density at radius 1 is 0.854 bits per heavy atom. The highest BCUT2D eigenvalue weighted by atomic mass is 16.6. The molecule has 206 valence electrons. The molecule has 4 aliphatic heterocycles. The van der Waals surface area contributed by atoms with E-state index in [2.05, 4.69) is 0 Å². The van der Waals surface area contributed by atoms with E-state index in [-0.39, 0.29) is 30.1 Å². The van der Waals surface area contributed by atoms with Crippen LogP contribution in [-0.2, 0) is 31.3 Å². The SMILES string of the molecule is CC1(C)C(=O)N2c3ccccc3[C@]3(C[C@H](N4C(=O)c5ccccc5C4=O)C(=O)O3)[C@@H]2N1C(=O)OCc1ccccc1. The van der Waals surface area contributed by atoms with Crippen LogP contribution in [0.1, 0.15) is 52.1 Å². The van der Waals surface area contributed by atoms with Gasteiger partial charge in [0.05, 0.1) is 16.8 Å². The highest BCUT2D eigenvalue weighted by Gasteiger charge is 2.72. The summed E-state index contributed by atoms with van der Waals surface area (Å²) in [7, 11) is 0. The Kier molecular flexibility index (Phi) is 5.19. The number of carbonyl (C=O) groups excluding carboxylic acids is 5. The Morgan fingerprint density at radius 3 is 2.15 bits per heavy atom. The average molecular weight is 552 g/mol. The number of esters is 1. The van der Waals surface area contributed by atoms with Crippen molar-refractivity contribution in [1.29, 1.82) is 0 Å². The standard InChI is InChI=1S/C31H25N3O7/c1-30(2)28(38)33-22-15-9-8-14-21(22)31(27(33)34(30)29(39)40-17-18-10-4-3-5-11-18)16-23(26(37)41-31)32-24(35)19-12-6-7-13-20(19)25(32)36/h3-15,23,27H,16-17H2,1-2H3/t23-,27-,31+/m0/s1. The lowest BCUT2D eigenvalue weighted by Crippen LogP contribution is -2.56. The fraction of sp³-hybridized carbons (Fsp3) is 0.258. The van der Waals surface area contributed by atoms with Crippen LogP contribution in [0.5, 0.6) is 0 Å². The number of amides is 4. The molecule has 0 saturated carbocycles. The lowest BCUT2D eigenvalue weighted by Gasteiger charge is -2.38. The minimum atomic E-state index is -1.54. The number of rotatable bonds is 3. The zero-order valence-electron chi connectivity index (χ0n) is 22.3. The maximum absolute atomic E-state index is 13.9. The van der Waals surface area contributed by atoms with Gasteiger partial charge >= 0.3 is 12.1 Å². The maximum Gasteiger partial charge on any atom is 0.412 e. The van der Waals surface area contributed by atoms with Gasteiger partial charge in [-0.2, -0.15) is 0 Å². The van der Waals surface area contributed by atoms with Crippen molar-refractivity contribution in [2.75, 3.05) is 4.90 Å². The van der Waals surface area contributed by atoms with E-state index < -0.39 is 47.2 Å². The van der Waals surface area contributed by atoms with Crippen LogP contribution in [-0.4, -0.2) is 57.3 Å². The van der Waals surface area contributed by atoms with Crippen LogP contribution in [0, 0.1) is 0 Å². The van der Waals surface area contributed by atoms with E-state index in [0.29, 0.717) is 11.3 Å². The van der Waals surface area contributed by atoms with Crippen LogP contribution in [0.2, 0.25) is 0 Å². The fourth-order valence-corrected chi connectivity index (χ4v) is 6.56. The Labute approximate surface area is 235 Å². The van der Waals surface area contributed by atoms with Crippen LogP contribution in [0.4, 0.5) is 10.5 Å². The molecule has 2 fully saturated rings. The number of hydrogen-bond acceptors (Lipinski definition) is 7. The number of ether oxygens (including phenoxy) is 2. The minimum absolute atomic E-state index is 0.0232. The summed E-state index contributed by atoms with van der Waals surface area (Å²) >= 11 is 0. The molecule has 10 nitrogen and oxygen atoms in total. The van der Waals surface area contributed by atoms with Gasteiger partial charge in [0.2, 0.25) is 0 Å². The largest absolute Gasteiger partial charge is 0.448 e. The van der Waals surface area contributed by atoms with Crippen LogP contribution in [0.3, 0.4) is 0 Å². The summed E-state index contributed by atoms with van der Waals surface area (Å²) < 4.78 is 11.8. The summed E-state index contributed by atoms with van der Waals surface area (Å²) in [5.41, 5.74) is -0.691. The van der Waals surface area contributed by atoms with Gasteiger partial charge in [0, 0.05) is 12.0 Å². The number of para-hydroxylation sites is 1. The Balaban J connectivity index is 1.30. The lowest BCUT2D eigenvalue weighted by molar-refractivity contribution is -0.155.